The second-order valence-corrected chi connectivity index (χ2v) is 10.6. The Kier molecular flexibility index (Phi) is 6.71. The van der Waals surface area contributed by atoms with Gasteiger partial charge in [-0.05, 0) is 19.9 Å². The number of nitrogens with one attached hydrogen (secondary N) is 1. The lowest BCUT2D eigenvalue weighted by Crippen LogP contribution is -2.53. The molecule has 12 heteroatoms. The number of aromatic nitrogens is 1. The molecule has 2 aromatic rings. The molecule has 2 saturated heterocycles. The number of amidine groups is 1. The fourth-order valence-electron chi connectivity index (χ4n) is 4.97. The summed E-state index contributed by atoms with van der Waals surface area (Å²) in [5.74, 6) is -1.39. The van der Waals surface area contributed by atoms with Crippen LogP contribution in [-0.2, 0) is 4.79 Å². The summed E-state index contributed by atoms with van der Waals surface area (Å²) in [4.78, 5) is 40.1. The van der Waals surface area contributed by atoms with Crippen molar-refractivity contribution in [1.29, 1.82) is 0 Å². The van der Waals surface area contributed by atoms with Crippen molar-refractivity contribution in [3.63, 3.8) is 0 Å². The summed E-state index contributed by atoms with van der Waals surface area (Å²) in [6, 6.07) is 3.51. The number of hydrogen-bond acceptors (Lipinski definition) is 7. The van der Waals surface area contributed by atoms with Gasteiger partial charge in [-0.25, -0.2) is 19.0 Å². The van der Waals surface area contributed by atoms with Crippen LogP contribution in [0, 0.1) is 5.82 Å². The smallest absolute Gasteiger partial charge is 0.335 e. The van der Waals surface area contributed by atoms with Crippen LogP contribution in [0.15, 0.2) is 46.0 Å². The van der Waals surface area contributed by atoms with E-state index >= 15 is 0 Å². The van der Waals surface area contributed by atoms with Crippen LogP contribution >= 0.6 is 22.9 Å². The van der Waals surface area contributed by atoms with Crippen LogP contribution < -0.4 is 5.32 Å². The summed E-state index contributed by atoms with van der Waals surface area (Å²) in [6.07, 6.45) is 1.64. The number of piperazine rings is 1. The number of carboxylic acid groups (broad SMARTS) is 1. The van der Waals surface area contributed by atoms with Gasteiger partial charge in [-0.3, -0.25) is 9.89 Å². The summed E-state index contributed by atoms with van der Waals surface area (Å²) in [6.45, 7) is 6.72. The van der Waals surface area contributed by atoms with Gasteiger partial charge in [-0.1, -0.05) is 23.7 Å². The quantitative estimate of drug-likeness (QED) is 0.592. The molecular weight excluding hydrogens is 507 g/mol. The maximum Gasteiger partial charge on any atom is 0.335 e. The van der Waals surface area contributed by atoms with Gasteiger partial charge in [0.15, 0.2) is 10.8 Å². The molecule has 1 aromatic carbocycles. The molecule has 0 saturated carbocycles. The van der Waals surface area contributed by atoms with E-state index < -0.39 is 17.8 Å². The zero-order chi connectivity index (χ0) is 25.6. The van der Waals surface area contributed by atoms with Crippen molar-refractivity contribution >= 4 is 40.8 Å². The molecule has 0 aliphatic carbocycles. The van der Waals surface area contributed by atoms with Crippen LogP contribution in [-0.4, -0.2) is 87.4 Å². The van der Waals surface area contributed by atoms with Crippen LogP contribution in [0.2, 0.25) is 5.02 Å². The maximum atomic E-state index is 14.3. The van der Waals surface area contributed by atoms with E-state index in [0.717, 1.165) is 0 Å². The number of nitrogens with zero attached hydrogens (tertiary/aromatic N) is 5. The molecule has 0 spiro atoms. The second-order valence-electron chi connectivity index (χ2n) is 9.29. The van der Waals surface area contributed by atoms with E-state index in [2.05, 4.69) is 20.2 Å². The Morgan fingerprint density at radius 1 is 1.33 bits per heavy atom. The van der Waals surface area contributed by atoms with Gasteiger partial charge in [0.25, 0.3) is 0 Å². The average molecular weight is 533 g/mol. The van der Waals surface area contributed by atoms with Crippen molar-refractivity contribution in [2.24, 2.45) is 4.99 Å². The number of aliphatic carboxylic acids is 1. The van der Waals surface area contributed by atoms with Crippen molar-refractivity contribution < 1.29 is 19.1 Å². The molecule has 1 aromatic heterocycles. The third-order valence-electron chi connectivity index (χ3n) is 6.74. The molecule has 3 aliphatic rings. The van der Waals surface area contributed by atoms with Crippen LogP contribution in [0.5, 0.6) is 0 Å². The summed E-state index contributed by atoms with van der Waals surface area (Å²) < 4.78 is 14.3. The first-order chi connectivity index (χ1) is 17.2. The highest BCUT2D eigenvalue weighted by Gasteiger charge is 2.42. The number of hydrogen-bond donors (Lipinski definition) is 2. The largest absolute Gasteiger partial charge is 0.478 e. The van der Waals surface area contributed by atoms with Crippen molar-refractivity contribution in [3.8, 4) is 0 Å². The normalized spacial score (nSPS) is 22.7. The number of halogens is 2. The van der Waals surface area contributed by atoms with Gasteiger partial charge in [0, 0.05) is 61.6 Å². The molecule has 0 radical (unpaired) electrons. The van der Waals surface area contributed by atoms with Crippen LogP contribution in [0.25, 0.3) is 0 Å². The van der Waals surface area contributed by atoms with E-state index in [4.69, 9.17) is 11.6 Å². The zero-order valence-electron chi connectivity index (χ0n) is 19.8. The van der Waals surface area contributed by atoms with Gasteiger partial charge in [-0.2, -0.15) is 0 Å². The molecule has 4 heterocycles. The Balaban J connectivity index is 1.48. The predicted octanol–water partition coefficient (Wildman–Crippen LogP) is 3.20. The third-order valence-corrected chi connectivity index (χ3v) is 7.92. The Hall–Kier alpha value is -3.02. The molecule has 9 nitrogen and oxygen atoms in total. The highest BCUT2D eigenvalue weighted by atomic mass is 35.5. The van der Waals surface area contributed by atoms with E-state index in [0.29, 0.717) is 49.3 Å². The number of carboxylic acids is 1. The Labute approximate surface area is 216 Å². The fraction of sp³-hybridized carbons (Fsp3) is 0.417. The maximum absolute atomic E-state index is 14.3. The second kappa shape index (κ2) is 9.79. The Morgan fingerprint density at radius 3 is 2.83 bits per heavy atom. The van der Waals surface area contributed by atoms with Crippen molar-refractivity contribution in [1.82, 2.24) is 25.0 Å². The van der Waals surface area contributed by atoms with Gasteiger partial charge in [0.2, 0.25) is 0 Å². The highest BCUT2D eigenvalue weighted by molar-refractivity contribution is 7.11. The predicted molar refractivity (Wildman–Crippen MR) is 135 cm³/mol. The molecule has 0 bridgehead atoms. The molecule has 5 rings (SSSR count). The molecular formula is C24H26ClFN6O3S. The van der Waals surface area contributed by atoms with Crippen LogP contribution in [0.3, 0.4) is 0 Å². The number of carbonyl (C=O) groups excluding carboxylic acids is 1. The number of urea groups is 1. The van der Waals surface area contributed by atoms with Gasteiger partial charge >= 0.3 is 12.0 Å². The number of amides is 2. The van der Waals surface area contributed by atoms with Crippen LogP contribution in [0.4, 0.5) is 9.18 Å². The lowest BCUT2D eigenvalue weighted by Gasteiger charge is -2.38. The monoisotopic (exact) mass is 532 g/mol. The van der Waals surface area contributed by atoms with E-state index in [9.17, 15) is 19.1 Å². The molecule has 2 N–H and O–H groups in total. The average Bonchev–Trinajstić information content (AvgIpc) is 3.49. The molecule has 2 fully saturated rings. The Bertz CT molecular complexity index is 1250. The highest BCUT2D eigenvalue weighted by Crippen LogP contribution is 2.37. The van der Waals surface area contributed by atoms with Gasteiger partial charge in [0.1, 0.15) is 11.9 Å². The topological polar surface area (TPSA) is 101 Å². The number of carbonyl (C=O) groups is 2. The molecule has 2 atom stereocenters. The zero-order valence-corrected chi connectivity index (χ0v) is 21.4. The first-order valence-electron chi connectivity index (χ1n) is 11.7. The summed E-state index contributed by atoms with van der Waals surface area (Å²) in [7, 11) is 0. The van der Waals surface area contributed by atoms with Crippen molar-refractivity contribution in [2.75, 3.05) is 32.7 Å². The molecule has 2 amide bonds. The SMILES string of the molecule is CC(C)N1C[C@H]2CN(CC3=C(C(=O)O)[C@H](c4cccc(F)c4Cl)N=C(c4nccs4)N3)CCN2C1=O. The van der Waals surface area contributed by atoms with Crippen molar-refractivity contribution in [3.05, 3.63) is 62.5 Å². The first kappa shape index (κ1) is 24.7. The number of fused-ring (bicyclic) bond motifs is 1. The lowest BCUT2D eigenvalue weighted by atomic mass is 9.95. The van der Waals surface area contributed by atoms with Crippen molar-refractivity contribution in [2.45, 2.75) is 32.0 Å². The lowest BCUT2D eigenvalue weighted by molar-refractivity contribution is -0.133. The number of benzene rings is 1. The number of aliphatic imine (C=N–C) groups is 1. The minimum atomic E-state index is -1.16. The molecule has 3 aliphatic heterocycles. The molecule has 36 heavy (non-hydrogen) atoms. The van der Waals surface area contributed by atoms with E-state index in [1.54, 1.807) is 17.6 Å². The van der Waals surface area contributed by atoms with E-state index in [1.165, 1.54) is 23.5 Å². The summed E-state index contributed by atoms with van der Waals surface area (Å²) in [5.41, 5.74) is 0.740. The van der Waals surface area contributed by atoms with Gasteiger partial charge in [0.05, 0.1) is 16.6 Å². The van der Waals surface area contributed by atoms with Gasteiger partial charge < -0.3 is 20.2 Å². The first-order valence-corrected chi connectivity index (χ1v) is 12.9. The van der Waals surface area contributed by atoms with E-state index in [-0.39, 0.29) is 34.3 Å². The minimum absolute atomic E-state index is 0.0107. The van der Waals surface area contributed by atoms with Crippen LogP contribution in [0.1, 0.15) is 30.5 Å². The number of thiazole rings is 1. The Morgan fingerprint density at radius 2 is 2.14 bits per heavy atom. The summed E-state index contributed by atoms with van der Waals surface area (Å²) in [5, 5.41) is 15.7. The summed E-state index contributed by atoms with van der Waals surface area (Å²) >= 11 is 7.64. The minimum Gasteiger partial charge on any atom is -0.478 e. The van der Waals surface area contributed by atoms with E-state index in [1.807, 2.05) is 23.6 Å². The molecule has 190 valence electrons. The standard InChI is InChI=1S/C24H26ClFN6O3S/c1-13(2)32-11-14-10-30(7-8-31(14)24(32)35)12-17-18(23(33)34)20(15-4-3-5-16(26)19(15)25)29-21(28-17)22-27-6-9-36-22/h3-6,9,13-14,20H,7-8,10-12H2,1-2H3,(H,28,29)(H,33,34)/t14-,20+/m1/s1. The molecule has 0 unspecified atom stereocenters. The third kappa shape index (κ3) is 4.46. The van der Waals surface area contributed by atoms with Gasteiger partial charge in [-0.15, -0.1) is 11.3 Å². The fourth-order valence-corrected chi connectivity index (χ4v) is 5.79. The number of rotatable bonds is 6.